The van der Waals surface area contributed by atoms with Gasteiger partial charge in [-0.05, 0) is 13.0 Å². The van der Waals surface area contributed by atoms with E-state index >= 15 is 0 Å². The first-order chi connectivity index (χ1) is 6.56. The summed E-state index contributed by atoms with van der Waals surface area (Å²) in [7, 11) is 1.23. The van der Waals surface area contributed by atoms with E-state index in [0.29, 0.717) is 5.56 Å². The Morgan fingerprint density at radius 1 is 1.71 bits per heavy atom. The van der Waals surface area contributed by atoms with E-state index in [9.17, 15) is 9.90 Å². The fourth-order valence-electron chi connectivity index (χ4n) is 0.837. The Morgan fingerprint density at radius 2 is 2.43 bits per heavy atom. The van der Waals surface area contributed by atoms with Gasteiger partial charge in [0, 0.05) is 11.5 Å². The molecule has 1 aromatic heterocycles. The van der Waals surface area contributed by atoms with Gasteiger partial charge in [0.2, 0.25) is 0 Å². The van der Waals surface area contributed by atoms with E-state index in [1.165, 1.54) is 26.6 Å². The maximum Gasteiger partial charge on any atom is 0.384 e. The van der Waals surface area contributed by atoms with Crippen LogP contribution in [0.4, 0.5) is 0 Å². The van der Waals surface area contributed by atoms with Crippen LogP contribution in [-0.4, -0.2) is 18.2 Å². The van der Waals surface area contributed by atoms with E-state index in [-0.39, 0.29) is 0 Å². The first-order valence-electron chi connectivity index (χ1n) is 3.92. The second-order valence-electron chi connectivity index (χ2n) is 2.83. The van der Waals surface area contributed by atoms with E-state index in [0.717, 1.165) is 0 Å². The van der Waals surface area contributed by atoms with Gasteiger partial charge in [-0.2, -0.15) is 0 Å². The Bertz CT molecular complexity index is 365. The molecule has 1 N–H and O–H groups in total. The number of hydrogen-bond donors (Lipinski definition) is 1. The van der Waals surface area contributed by atoms with Crippen molar-refractivity contribution in [2.45, 2.75) is 12.5 Å². The molecule has 0 aliphatic heterocycles. The van der Waals surface area contributed by atoms with Gasteiger partial charge in [-0.3, -0.25) is 0 Å². The fourth-order valence-corrected chi connectivity index (χ4v) is 0.837. The Morgan fingerprint density at radius 3 is 2.93 bits per heavy atom. The van der Waals surface area contributed by atoms with Crippen LogP contribution < -0.4 is 0 Å². The highest BCUT2D eigenvalue weighted by Crippen LogP contribution is 2.19. The van der Waals surface area contributed by atoms with Gasteiger partial charge in [-0.15, -0.1) is 0 Å². The third-order valence-corrected chi connectivity index (χ3v) is 1.68. The molecule has 0 aliphatic rings. The molecule has 1 heterocycles. The molecule has 0 aromatic carbocycles. The zero-order chi connectivity index (χ0) is 10.6. The van der Waals surface area contributed by atoms with Crippen molar-refractivity contribution in [3.63, 3.8) is 0 Å². The molecule has 74 valence electrons. The second kappa shape index (κ2) is 3.99. The smallest absolute Gasteiger partial charge is 0.384 e. The molecule has 1 unspecified atom stereocenters. The highest BCUT2D eigenvalue weighted by Gasteiger charge is 2.21. The molecule has 14 heavy (non-hydrogen) atoms. The van der Waals surface area contributed by atoms with Crippen LogP contribution in [0.2, 0.25) is 0 Å². The van der Waals surface area contributed by atoms with Gasteiger partial charge >= 0.3 is 5.97 Å². The molecule has 0 saturated carbocycles. The monoisotopic (exact) mass is 194 g/mol. The van der Waals surface area contributed by atoms with Crippen molar-refractivity contribution in [2.24, 2.45) is 0 Å². The largest absolute Gasteiger partial charge is 0.472 e. The lowest BCUT2D eigenvalue weighted by atomic mass is 10.0. The summed E-state index contributed by atoms with van der Waals surface area (Å²) in [6, 6.07) is 1.58. The minimum atomic E-state index is -1.40. The topological polar surface area (TPSA) is 59.7 Å². The van der Waals surface area contributed by atoms with Crippen LogP contribution in [0, 0.1) is 11.8 Å². The summed E-state index contributed by atoms with van der Waals surface area (Å²) in [5.41, 5.74) is -0.907. The van der Waals surface area contributed by atoms with Gasteiger partial charge < -0.3 is 14.3 Å². The molecule has 0 spiro atoms. The molecule has 1 aromatic rings. The molecule has 0 aliphatic carbocycles. The zero-order valence-corrected chi connectivity index (χ0v) is 7.90. The summed E-state index contributed by atoms with van der Waals surface area (Å²) >= 11 is 0. The Labute approximate surface area is 81.5 Å². The van der Waals surface area contributed by atoms with Crippen LogP contribution in [-0.2, 0) is 15.1 Å². The van der Waals surface area contributed by atoms with Crippen molar-refractivity contribution >= 4 is 5.97 Å². The molecule has 4 heteroatoms. The number of carbonyl (C=O) groups excluding carboxylic acids is 1. The van der Waals surface area contributed by atoms with Crippen LogP contribution in [0.25, 0.3) is 0 Å². The average Bonchev–Trinajstić information content (AvgIpc) is 2.67. The molecule has 4 nitrogen and oxygen atoms in total. The van der Waals surface area contributed by atoms with Gasteiger partial charge in [-0.1, -0.05) is 5.92 Å². The lowest BCUT2D eigenvalue weighted by Crippen LogP contribution is -2.18. The average molecular weight is 194 g/mol. The second-order valence-corrected chi connectivity index (χ2v) is 2.83. The molecule has 0 amide bonds. The maximum absolute atomic E-state index is 10.7. The molecule has 1 atom stereocenters. The van der Waals surface area contributed by atoms with Crippen molar-refractivity contribution in [1.29, 1.82) is 0 Å². The normalized spacial score (nSPS) is 13.6. The number of ether oxygens (including phenoxy) is 1. The third-order valence-electron chi connectivity index (χ3n) is 1.68. The number of methoxy groups -OCH3 is 1. The van der Waals surface area contributed by atoms with Gasteiger partial charge in [0.05, 0.1) is 19.6 Å². The molecule has 0 bridgehead atoms. The van der Waals surface area contributed by atoms with Crippen molar-refractivity contribution in [3.05, 3.63) is 24.2 Å². The van der Waals surface area contributed by atoms with Gasteiger partial charge in [-0.25, -0.2) is 4.79 Å². The summed E-state index contributed by atoms with van der Waals surface area (Å²) in [4.78, 5) is 10.7. The molecule has 0 fully saturated rings. The van der Waals surface area contributed by atoms with Gasteiger partial charge in [0.1, 0.15) is 0 Å². The highest BCUT2D eigenvalue weighted by atomic mass is 16.5. The van der Waals surface area contributed by atoms with Gasteiger partial charge in [0.25, 0.3) is 0 Å². The lowest BCUT2D eigenvalue weighted by Gasteiger charge is -2.12. The van der Waals surface area contributed by atoms with E-state index < -0.39 is 11.6 Å². The van der Waals surface area contributed by atoms with Crippen LogP contribution in [0.1, 0.15) is 12.5 Å². The number of aliphatic hydroxyl groups is 1. The maximum atomic E-state index is 10.7. The third kappa shape index (κ3) is 2.38. The first-order valence-corrected chi connectivity index (χ1v) is 3.92. The van der Waals surface area contributed by atoms with E-state index in [2.05, 4.69) is 16.6 Å². The number of furan rings is 1. The summed E-state index contributed by atoms with van der Waals surface area (Å²) in [6.07, 6.45) is 2.79. The van der Waals surface area contributed by atoms with Crippen molar-refractivity contribution < 1.29 is 19.1 Å². The number of carbonyl (C=O) groups is 1. The van der Waals surface area contributed by atoms with Crippen LogP contribution in [0.5, 0.6) is 0 Å². The summed E-state index contributed by atoms with van der Waals surface area (Å²) < 4.78 is 9.11. The van der Waals surface area contributed by atoms with E-state index in [4.69, 9.17) is 4.42 Å². The van der Waals surface area contributed by atoms with Gasteiger partial charge in [0.15, 0.2) is 5.60 Å². The van der Waals surface area contributed by atoms with Crippen molar-refractivity contribution in [3.8, 4) is 11.8 Å². The summed E-state index contributed by atoms with van der Waals surface area (Å²) in [5.74, 6) is 3.85. The Kier molecular flexibility index (Phi) is 2.95. The summed E-state index contributed by atoms with van der Waals surface area (Å²) in [5, 5.41) is 9.78. The fraction of sp³-hybridized carbons (Fsp3) is 0.300. The Hall–Kier alpha value is -1.73. The quantitative estimate of drug-likeness (QED) is 0.405. The van der Waals surface area contributed by atoms with Crippen LogP contribution in [0.15, 0.2) is 23.0 Å². The molecule has 0 saturated heterocycles. The highest BCUT2D eigenvalue weighted by molar-refractivity contribution is 5.88. The minimum absolute atomic E-state index is 0.494. The SMILES string of the molecule is COC(=O)C#CC(C)(O)c1ccoc1. The summed E-state index contributed by atoms with van der Waals surface area (Å²) in [6.45, 7) is 1.47. The van der Waals surface area contributed by atoms with E-state index in [1.807, 2.05) is 0 Å². The first kappa shape index (κ1) is 10.4. The number of esters is 1. The number of hydrogen-bond acceptors (Lipinski definition) is 4. The molecular formula is C10H10O4. The molecule has 0 radical (unpaired) electrons. The van der Waals surface area contributed by atoms with Crippen LogP contribution in [0.3, 0.4) is 0 Å². The predicted molar refractivity (Wildman–Crippen MR) is 48.1 cm³/mol. The molecular weight excluding hydrogens is 184 g/mol. The minimum Gasteiger partial charge on any atom is -0.472 e. The zero-order valence-electron chi connectivity index (χ0n) is 7.90. The van der Waals surface area contributed by atoms with Crippen molar-refractivity contribution in [2.75, 3.05) is 7.11 Å². The Balaban J connectivity index is 2.85. The van der Waals surface area contributed by atoms with Crippen LogP contribution >= 0.6 is 0 Å². The number of rotatable bonds is 1. The van der Waals surface area contributed by atoms with E-state index in [1.54, 1.807) is 6.07 Å². The van der Waals surface area contributed by atoms with Crippen molar-refractivity contribution in [1.82, 2.24) is 0 Å². The molecule has 1 rings (SSSR count). The predicted octanol–water partition coefficient (Wildman–Crippen LogP) is 0.663. The standard InChI is InChI=1S/C10H10O4/c1-10(12,5-3-9(11)13-2)8-4-6-14-7-8/h4,6-7,12H,1-2H3. The lowest BCUT2D eigenvalue weighted by molar-refractivity contribution is -0.133.